The van der Waals surface area contributed by atoms with Gasteiger partial charge in [0.05, 0.1) is 0 Å². The van der Waals surface area contributed by atoms with Gasteiger partial charge in [-0.2, -0.15) is 0 Å². The van der Waals surface area contributed by atoms with Crippen molar-refractivity contribution in [3.63, 3.8) is 0 Å². The van der Waals surface area contributed by atoms with Crippen molar-refractivity contribution in [1.29, 1.82) is 0 Å². The highest BCUT2D eigenvalue weighted by molar-refractivity contribution is 7.98. The summed E-state index contributed by atoms with van der Waals surface area (Å²) in [5.74, 6) is 0. The standard InChI is InChI=1S/C35H41N3S/c1-39-35-20-12-11-19-34(35)36-32-21-23-37(24-22-32)28-33(25-29-13-5-2-6-14-29)38(26-30-15-7-3-8-16-30)27-31-17-9-4-10-18-31/h2-20,32-33,36H,21-28H2,1H3/t33-/m0/s1. The molecule has 202 valence electrons. The van der Waals surface area contributed by atoms with Crippen molar-refractivity contribution < 1.29 is 0 Å². The van der Waals surface area contributed by atoms with Crippen molar-refractivity contribution in [3.8, 4) is 0 Å². The molecular weight excluding hydrogens is 494 g/mol. The van der Waals surface area contributed by atoms with Crippen LogP contribution in [-0.4, -0.2) is 47.8 Å². The van der Waals surface area contributed by atoms with Crippen LogP contribution in [-0.2, 0) is 19.5 Å². The second-order valence-corrected chi connectivity index (χ2v) is 11.5. The highest BCUT2D eigenvalue weighted by atomic mass is 32.2. The Kier molecular flexibility index (Phi) is 10.1. The number of anilines is 1. The predicted molar refractivity (Wildman–Crippen MR) is 167 cm³/mol. The topological polar surface area (TPSA) is 18.5 Å². The van der Waals surface area contributed by atoms with Crippen LogP contribution >= 0.6 is 11.8 Å². The highest BCUT2D eigenvalue weighted by Gasteiger charge is 2.26. The Morgan fingerprint density at radius 3 is 1.79 bits per heavy atom. The first-order valence-electron chi connectivity index (χ1n) is 14.2. The number of rotatable bonds is 12. The zero-order chi connectivity index (χ0) is 26.7. The van der Waals surface area contributed by atoms with E-state index in [0.29, 0.717) is 12.1 Å². The van der Waals surface area contributed by atoms with Crippen LogP contribution < -0.4 is 5.32 Å². The van der Waals surface area contributed by atoms with Gasteiger partial charge in [0.25, 0.3) is 0 Å². The average molecular weight is 536 g/mol. The molecule has 0 radical (unpaired) electrons. The summed E-state index contributed by atoms with van der Waals surface area (Å²) in [5.41, 5.74) is 5.45. The minimum absolute atomic E-state index is 0.425. The molecule has 4 aromatic rings. The number of likely N-dealkylation sites (tertiary alicyclic amines) is 1. The molecule has 4 heteroatoms. The first-order chi connectivity index (χ1) is 19.3. The van der Waals surface area contributed by atoms with Crippen molar-refractivity contribution in [2.45, 2.75) is 49.3 Å². The van der Waals surface area contributed by atoms with Crippen LogP contribution in [0.2, 0.25) is 0 Å². The van der Waals surface area contributed by atoms with Gasteiger partial charge in [-0.15, -0.1) is 11.8 Å². The molecule has 0 saturated carbocycles. The summed E-state index contributed by atoms with van der Waals surface area (Å²) in [6.07, 6.45) is 5.57. The molecule has 1 saturated heterocycles. The fourth-order valence-electron chi connectivity index (χ4n) is 5.69. The van der Waals surface area contributed by atoms with E-state index in [1.54, 1.807) is 0 Å². The third kappa shape index (κ3) is 8.22. The minimum atomic E-state index is 0.425. The van der Waals surface area contributed by atoms with Gasteiger partial charge in [0.15, 0.2) is 0 Å². The van der Waals surface area contributed by atoms with Gasteiger partial charge in [0.1, 0.15) is 0 Å². The van der Waals surface area contributed by atoms with Gasteiger partial charge in [-0.3, -0.25) is 4.90 Å². The second-order valence-electron chi connectivity index (χ2n) is 10.6. The van der Waals surface area contributed by atoms with E-state index in [0.717, 1.165) is 39.1 Å². The van der Waals surface area contributed by atoms with Crippen molar-refractivity contribution in [3.05, 3.63) is 132 Å². The SMILES string of the molecule is CSc1ccccc1NC1CCN(C[C@H](Cc2ccccc2)N(Cc2ccccc2)Cc2ccccc2)CC1. The molecule has 39 heavy (non-hydrogen) atoms. The normalized spacial score (nSPS) is 15.3. The van der Waals surface area contributed by atoms with E-state index in [4.69, 9.17) is 0 Å². The average Bonchev–Trinajstić information content (AvgIpc) is 2.99. The third-order valence-corrected chi connectivity index (χ3v) is 8.61. The lowest BCUT2D eigenvalue weighted by Crippen LogP contribution is -2.48. The predicted octanol–water partition coefficient (Wildman–Crippen LogP) is 7.60. The molecule has 5 rings (SSSR count). The number of hydrogen-bond donors (Lipinski definition) is 1. The number of thioether (sulfide) groups is 1. The molecule has 0 bridgehead atoms. The molecular formula is C35H41N3S. The molecule has 1 heterocycles. The van der Waals surface area contributed by atoms with E-state index in [1.165, 1.54) is 40.1 Å². The maximum Gasteiger partial charge on any atom is 0.0480 e. The molecule has 4 aromatic carbocycles. The summed E-state index contributed by atoms with van der Waals surface area (Å²) < 4.78 is 0. The Labute approximate surface area is 239 Å². The molecule has 3 nitrogen and oxygen atoms in total. The highest BCUT2D eigenvalue weighted by Crippen LogP contribution is 2.27. The second kappa shape index (κ2) is 14.4. The number of hydrogen-bond acceptors (Lipinski definition) is 4. The smallest absolute Gasteiger partial charge is 0.0480 e. The Balaban J connectivity index is 1.30. The van der Waals surface area contributed by atoms with Crippen molar-refractivity contribution in [2.75, 3.05) is 31.2 Å². The van der Waals surface area contributed by atoms with Crippen LogP contribution in [0.3, 0.4) is 0 Å². The van der Waals surface area contributed by atoms with Gasteiger partial charge in [0, 0.05) is 55.4 Å². The van der Waals surface area contributed by atoms with Crippen LogP contribution in [0.15, 0.2) is 120 Å². The number of nitrogens with one attached hydrogen (secondary N) is 1. The fraction of sp³-hybridized carbons (Fsp3) is 0.314. The first-order valence-corrected chi connectivity index (χ1v) is 15.5. The summed E-state index contributed by atoms with van der Waals surface area (Å²) in [7, 11) is 0. The van der Waals surface area contributed by atoms with E-state index in [1.807, 2.05) is 11.8 Å². The largest absolute Gasteiger partial charge is 0.381 e. The van der Waals surface area contributed by atoms with E-state index in [2.05, 4.69) is 137 Å². The van der Waals surface area contributed by atoms with Gasteiger partial charge in [-0.25, -0.2) is 0 Å². The van der Waals surface area contributed by atoms with Gasteiger partial charge >= 0.3 is 0 Å². The molecule has 1 N–H and O–H groups in total. The van der Waals surface area contributed by atoms with Crippen molar-refractivity contribution in [2.24, 2.45) is 0 Å². The van der Waals surface area contributed by atoms with Crippen LogP contribution in [0, 0.1) is 0 Å². The Morgan fingerprint density at radius 1 is 0.718 bits per heavy atom. The molecule has 1 aliphatic heterocycles. The maximum absolute atomic E-state index is 3.84. The number of nitrogens with zero attached hydrogens (tertiary/aromatic N) is 2. The molecule has 1 atom stereocenters. The van der Waals surface area contributed by atoms with Gasteiger partial charge in [0.2, 0.25) is 0 Å². The van der Waals surface area contributed by atoms with E-state index in [-0.39, 0.29) is 0 Å². The van der Waals surface area contributed by atoms with Gasteiger partial charge in [-0.05, 0) is 54.3 Å². The number of para-hydroxylation sites is 1. The Morgan fingerprint density at radius 2 is 1.23 bits per heavy atom. The minimum Gasteiger partial charge on any atom is -0.381 e. The molecule has 0 unspecified atom stereocenters. The number of benzene rings is 4. The fourth-order valence-corrected chi connectivity index (χ4v) is 6.25. The molecule has 0 aliphatic carbocycles. The zero-order valence-corrected chi connectivity index (χ0v) is 23.9. The molecule has 1 fully saturated rings. The quantitative estimate of drug-likeness (QED) is 0.188. The lowest BCUT2D eigenvalue weighted by atomic mass is 9.99. The molecule has 0 amide bonds. The zero-order valence-electron chi connectivity index (χ0n) is 23.1. The van der Waals surface area contributed by atoms with E-state index < -0.39 is 0 Å². The summed E-state index contributed by atoms with van der Waals surface area (Å²) in [6, 6.07) is 42.6. The van der Waals surface area contributed by atoms with Gasteiger partial charge < -0.3 is 10.2 Å². The summed E-state index contributed by atoms with van der Waals surface area (Å²) in [5, 5.41) is 3.84. The van der Waals surface area contributed by atoms with E-state index >= 15 is 0 Å². The van der Waals surface area contributed by atoms with E-state index in [9.17, 15) is 0 Å². The third-order valence-electron chi connectivity index (χ3n) is 7.81. The lowest BCUT2D eigenvalue weighted by molar-refractivity contribution is 0.110. The van der Waals surface area contributed by atoms with Crippen LogP contribution in [0.25, 0.3) is 0 Å². The van der Waals surface area contributed by atoms with Crippen molar-refractivity contribution in [1.82, 2.24) is 9.80 Å². The van der Waals surface area contributed by atoms with Crippen LogP contribution in [0.4, 0.5) is 5.69 Å². The monoisotopic (exact) mass is 535 g/mol. The Bertz CT molecular complexity index is 1200. The van der Waals surface area contributed by atoms with Gasteiger partial charge in [-0.1, -0.05) is 103 Å². The summed E-state index contributed by atoms with van der Waals surface area (Å²) >= 11 is 1.82. The maximum atomic E-state index is 3.84. The van der Waals surface area contributed by atoms with Crippen LogP contribution in [0.5, 0.6) is 0 Å². The molecule has 0 aromatic heterocycles. The Hall–Kier alpha value is -3.05. The molecule has 0 spiro atoms. The van der Waals surface area contributed by atoms with Crippen LogP contribution in [0.1, 0.15) is 29.5 Å². The molecule has 1 aliphatic rings. The summed E-state index contributed by atoms with van der Waals surface area (Å²) in [6.45, 7) is 5.26. The number of piperidine rings is 1. The summed E-state index contributed by atoms with van der Waals surface area (Å²) in [4.78, 5) is 6.74. The lowest BCUT2D eigenvalue weighted by Gasteiger charge is -2.39. The first kappa shape index (κ1) is 27.5. The van der Waals surface area contributed by atoms with Crippen molar-refractivity contribution >= 4 is 17.4 Å².